The van der Waals surface area contributed by atoms with Gasteiger partial charge in [-0.3, -0.25) is 4.98 Å². The lowest BCUT2D eigenvalue weighted by Crippen LogP contribution is -2.33. The highest BCUT2D eigenvalue weighted by atomic mass is 16.5. The van der Waals surface area contributed by atoms with Crippen LogP contribution in [-0.4, -0.2) is 30.8 Å². The Morgan fingerprint density at radius 2 is 2.18 bits per heavy atom. The predicted octanol–water partition coefficient (Wildman–Crippen LogP) is 1.91. The highest BCUT2D eigenvalue weighted by Crippen LogP contribution is 2.21. The Hall–Kier alpha value is -0.970. The maximum Gasteiger partial charge on any atom is 0.115 e. The molecule has 0 spiro atoms. The molecular formula is C13H22N2O2. The normalized spacial score (nSPS) is 16.5. The second kappa shape index (κ2) is 7.37. The van der Waals surface area contributed by atoms with Crippen LogP contribution in [0.1, 0.15) is 32.1 Å². The molecule has 3 atom stereocenters. The first-order valence-electron chi connectivity index (χ1n) is 6.00. The Labute approximate surface area is 103 Å². The van der Waals surface area contributed by atoms with Gasteiger partial charge in [-0.2, -0.15) is 0 Å². The standard InChI is InChI=1S/C13H22N2O2/c1-4-11(14)13(17-10(2)9-16-3)12-7-5-6-8-15-12/h5-8,10-11,13H,4,9,14H2,1-3H3. The van der Waals surface area contributed by atoms with Crippen molar-refractivity contribution in [3.05, 3.63) is 30.1 Å². The van der Waals surface area contributed by atoms with E-state index >= 15 is 0 Å². The topological polar surface area (TPSA) is 57.4 Å². The van der Waals surface area contributed by atoms with Gasteiger partial charge in [0.1, 0.15) is 6.10 Å². The molecule has 0 radical (unpaired) electrons. The molecule has 96 valence electrons. The van der Waals surface area contributed by atoms with Crippen LogP contribution < -0.4 is 5.73 Å². The molecule has 0 aliphatic heterocycles. The van der Waals surface area contributed by atoms with Crippen LogP contribution in [0.3, 0.4) is 0 Å². The van der Waals surface area contributed by atoms with E-state index in [1.165, 1.54) is 0 Å². The van der Waals surface area contributed by atoms with Gasteiger partial charge < -0.3 is 15.2 Å². The van der Waals surface area contributed by atoms with E-state index in [2.05, 4.69) is 4.98 Å². The Morgan fingerprint density at radius 1 is 1.41 bits per heavy atom. The highest BCUT2D eigenvalue weighted by Gasteiger charge is 2.22. The third-order valence-electron chi connectivity index (χ3n) is 2.62. The van der Waals surface area contributed by atoms with Crippen LogP contribution in [0.15, 0.2) is 24.4 Å². The summed E-state index contributed by atoms with van der Waals surface area (Å²) in [5.74, 6) is 0. The van der Waals surface area contributed by atoms with Crippen LogP contribution in [0, 0.1) is 0 Å². The van der Waals surface area contributed by atoms with Crippen LogP contribution in [0.4, 0.5) is 0 Å². The first kappa shape index (κ1) is 14.1. The van der Waals surface area contributed by atoms with Crippen molar-refractivity contribution in [3.8, 4) is 0 Å². The zero-order chi connectivity index (χ0) is 12.7. The van der Waals surface area contributed by atoms with Gasteiger partial charge in [0, 0.05) is 19.3 Å². The number of hydrogen-bond acceptors (Lipinski definition) is 4. The fraction of sp³-hybridized carbons (Fsp3) is 0.615. The number of aromatic nitrogens is 1. The number of rotatable bonds is 7. The van der Waals surface area contributed by atoms with Crippen molar-refractivity contribution in [1.29, 1.82) is 0 Å². The molecule has 0 aliphatic carbocycles. The van der Waals surface area contributed by atoms with Gasteiger partial charge in [-0.1, -0.05) is 13.0 Å². The Morgan fingerprint density at radius 3 is 2.71 bits per heavy atom. The summed E-state index contributed by atoms with van der Waals surface area (Å²) in [6.45, 7) is 4.58. The summed E-state index contributed by atoms with van der Waals surface area (Å²) in [5, 5.41) is 0. The number of methoxy groups -OCH3 is 1. The van der Waals surface area contributed by atoms with Gasteiger partial charge in [0.2, 0.25) is 0 Å². The van der Waals surface area contributed by atoms with Crippen molar-refractivity contribution in [2.24, 2.45) is 5.73 Å². The quantitative estimate of drug-likeness (QED) is 0.788. The number of nitrogens with zero attached hydrogens (tertiary/aromatic N) is 1. The first-order valence-corrected chi connectivity index (χ1v) is 6.00. The molecule has 0 saturated carbocycles. The zero-order valence-corrected chi connectivity index (χ0v) is 10.8. The molecule has 0 bridgehead atoms. The summed E-state index contributed by atoms with van der Waals surface area (Å²) < 4.78 is 11.0. The van der Waals surface area contributed by atoms with Crippen molar-refractivity contribution >= 4 is 0 Å². The fourth-order valence-corrected chi connectivity index (χ4v) is 1.67. The molecule has 17 heavy (non-hydrogen) atoms. The molecule has 1 aromatic rings. The average molecular weight is 238 g/mol. The molecule has 0 fully saturated rings. The molecule has 3 unspecified atom stereocenters. The molecule has 0 amide bonds. The third-order valence-corrected chi connectivity index (χ3v) is 2.62. The molecule has 4 heteroatoms. The van der Waals surface area contributed by atoms with E-state index in [0.717, 1.165) is 12.1 Å². The van der Waals surface area contributed by atoms with E-state index in [9.17, 15) is 0 Å². The van der Waals surface area contributed by atoms with Gasteiger partial charge in [0.15, 0.2) is 0 Å². The lowest BCUT2D eigenvalue weighted by Gasteiger charge is -2.26. The van der Waals surface area contributed by atoms with Crippen LogP contribution in [-0.2, 0) is 9.47 Å². The number of pyridine rings is 1. The molecule has 2 N–H and O–H groups in total. The van der Waals surface area contributed by atoms with Gasteiger partial charge in [-0.25, -0.2) is 0 Å². The van der Waals surface area contributed by atoms with Gasteiger partial charge in [-0.05, 0) is 25.5 Å². The zero-order valence-electron chi connectivity index (χ0n) is 10.8. The van der Waals surface area contributed by atoms with E-state index in [1.54, 1.807) is 13.3 Å². The Balaban J connectivity index is 2.74. The average Bonchev–Trinajstić information content (AvgIpc) is 2.36. The second-order valence-electron chi connectivity index (χ2n) is 4.15. The van der Waals surface area contributed by atoms with Gasteiger partial charge >= 0.3 is 0 Å². The monoisotopic (exact) mass is 238 g/mol. The molecule has 1 heterocycles. The minimum absolute atomic E-state index is 0.00426. The maximum absolute atomic E-state index is 6.09. The van der Waals surface area contributed by atoms with Crippen molar-refractivity contribution in [1.82, 2.24) is 4.98 Å². The first-order chi connectivity index (χ1) is 8.19. The summed E-state index contributed by atoms with van der Waals surface area (Å²) in [7, 11) is 1.66. The van der Waals surface area contributed by atoms with E-state index in [0.29, 0.717) is 6.61 Å². The summed E-state index contributed by atoms with van der Waals surface area (Å²) in [6.07, 6.45) is 2.44. The molecule has 0 saturated heterocycles. The molecule has 0 aliphatic rings. The number of ether oxygens (including phenoxy) is 2. The smallest absolute Gasteiger partial charge is 0.115 e. The summed E-state index contributed by atoms with van der Waals surface area (Å²) in [4.78, 5) is 4.32. The Kier molecular flexibility index (Phi) is 6.11. The van der Waals surface area contributed by atoms with Crippen LogP contribution in [0.25, 0.3) is 0 Å². The van der Waals surface area contributed by atoms with E-state index in [4.69, 9.17) is 15.2 Å². The number of nitrogens with two attached hydrogens (primary N) is 1. The number of hydrogen-bond donors (Lipinski definition) is 1. The minimum atomic E-state index is -0.175. The molecule has 0 aromatic carbocycles. The molecule has 1 aromatic heterocycles. The van der Waals surface area contributed by atoms with Gasteiger partial charge in [0.05, 0.1) is 18.4 Å². The molecule has 4 nitrogen and oxygen atoms in total. The predicted molar refractivity (Wildman–Crippen MR) is 67.7 cm³/mol. The van der Waals surface area contributed by atoms with Crippen LogP contribution in [0.2, 0.25) is 0 Å². The lowest BCUT2D eigenvalue weighted by atomic mass is 10.1. The molecule has 1 rings (SSSR count). The Bertz CT molecular complexity index is 306. The van der Waals surface area contributed by atoms with Gasteiger partial charge in [-0.15, -0.1) is 0 Å². The highest BCUT2D eigenvalue weighted by molar-refractivity contribution is 5.09. The third kappa shape index (κ3) is 4.42. The summed E-state index contributed by atoms with van der Waals surface area (Å²) >= 11 is 0. The van der Waals surface area contributed by atoms with Crippen molar-refractivity contribution in [3.63, 3.8) is 0 Å². The molecular weight excluding hydrogens is 216 g/mol. The van der Waals surface area contributed by atoms with E-state index < -0.39 is 0 Å². The van der Waals surface area contributed by atoms with Crippen LogP contribution in [0.5, 0.6) is 0 Å². The SMILES string of the molecule is CCC(N)C(OC(C)COC)c1ccccn1. The van der Waals surface area contributed by atoms with E-state index in [1.807, 2.05) is 32.0 Å². The lowest BCUT2D eigenvalue weighted by molar-refractivity contribution is -0.0524. The van der Waals surface area contributed by atoms with Crippen LogP contribution >= 0.6 is 0 Å². The maximum atomic E-state index is 6.09. The van der Waals surface area contributed by atoms with Crippen molar-refractivity contribution in [2.45, 2.75) is 38.5 Å². The van der Waals surface area contributed by atoms with Crippen molar-refractivity contribution in [2.75, 3.05) is 13.7 Å². The second-order valence-corrected chi connectivity index (χ2v) is 4.15. The van der Waals surface area contributed by atoms with Gasteiger partial charge in [0.25, 0.3) is 0 Å². The minimum Gasteiger partial charge on any atom is -0.382 e. The summed E-state index contributed by atoms with van der Waals surface area (Å²) in [5.41, 5.74) is 6.97. The van der Waals surface area contributed by atoms with E-state index in [-0.39, 0.29) is 18.2 Å². The summed E-state index contributed by atoms with van der Waals surface area (Å²) in [6, 6.07) is 5.72. The van der Waals surface area contributed by atoms with Crippen molar-refractivity contribution < 1.29 is 9.47 Å². The largest absolute Gasteiger partial charge is 0.382 e. The fourth-order valence-electron chi connectivity index (χ4n) is 1.67.